The summed E-state index contributed by atoms with van der Waals surface area (Å²) in [5.74, 6) is 0.904. The van der Waals surface area contributed by atoms with Crippen LogP contribution in [0.25, 0.3) is 0 Å². The average Bonchev–Trinajstić information content (AvgIpc) is 2.40. The third kappa shape index (κ3) is 4.79. The van der Waals surface area contributed by atoms with Crippen LogP contribution in [0.15, 0.2) is 22.7 Å². The Hall–Kier alpha value is -0.580. The molecule has 0 saturated heterocycles. The number of methoxy groups -OCH3 is 1. The fourth-order valence-electron chi connectivity index (χ4n) is 2.28. The van der Waals surface area contributed by atoms with Crippen LogP contribution < -0.4 is 10.5 Å². The molecule has 4 heteroatoms. The van der Waals surface area contributed by atoms with E-state index in [0.29, 0.717) is 6.54 Å². The molecule has 1 aromatic rings. The number of ether oxygens (including phenoxy) is 1. The number of nitrogens with zero attached hydrogens (tertiary/aromatic N) is 1. The van der Waals surface area contributed by atoms with Crippen LogP contribution >= 0.6 is 15.9 Å². The number of benzene rings is 1. The van der Waals surface area contributed by atoms with Crippen molar-refractivity contribution in [3.8, 4) is 5.75 Å². The molecular formula is C15H25BrN2O. The van der Waals surface area contributed by atoms with Gasteiger partial charge in [0.05, 0.1) is 13.2 Å². The van der Waals surface area contributed by atoms with E-state index in [2.05, 4.69) is 40.9 Å². The molecule has 0 bridgehead atoms. The molecule has 2 N–H and O–H groups in total. The highest BCUT2D eigenvalue weighted by Crippen LogP contribution is 2.31. The number of rotatable bonds is 8. The molecule has 108 valence electrons. The highest BCUT2D eigenvalue weighted by atomic mass is 79.9. The summed E-state index contributed by atoms with van der Waals surface area (Å²) in [5, 5.41) is 0. The number of hydrogen-bond donors (Lipinski definition) is 1. The van der Waals surface area contributed by atoms with Gasteiger partial charge in [-0.3, -0.25) is 4.90 Å². The lowest BCUT2D eigenvalue weighted by molar-refractivity contribution is 0.239. The molecule has 0 aliphatic heterocycles. The Labute approximate surface area is 125 Å². The molecule has 1 unspecified atom stereocenters. The molecule has 0 amide bonds. The Morgan fingerprint density at radius 2 is 2.11 bits per heavy atom. The lowest BCUT2D eigenvalue weighted by Gasteiger charge is -2.28. The molecule has 0 aliphatic rings. The summed E-state index contributed by atoms with van der Waals surface area (Å²) in [5.41, 5.74) is 7.12. The molecule has 0 aliphatic carbocycles. The van der Waals surface area contributed by atoms with E-state index in [0.717, 1.165) is 22.3 Å². The zero-order valence-corrected chi connectivity index (χ0v) is 13.7. The Morgan fingerprint density at radius 3 is 2.68 bits per heavy atom. The fourth-order valence-corrected chi connectivity index (χ4v) is 2.66. The smallest absolute Gasteiger partial charge is 0.123 e. The second-order valence-corrected chi connectivity index (χ2v) is 5.74. The maximum atomic E-state index is 5.97. The third-order valence-corrected chi connectivity index (χ3v) is 3.91. The highest BCUT2D eigenvalue weighted by molar-refractivity contribution is 9.10. The quantitative estimate of drug-likeness (QED) is 0.741. The van der Waals surface area contributed by atoms with Crippen molar-refractivity contribution in [3.63, 3.8) is 0 Å². The van der Waals surface area contributed by atoms with Crippen LogP contribution in [0, 0.1) is 0 Å². The third-order valence-electron chi connectivity index (χ3n) is 3.42. The summed E-state index contributed by atoms with van der Waals surface area (Å²) >= 11 is 3.52. The summed E-state index contributed by atoms with van der Waals surface area (Å²) in [4.78, 5) is 2.32. The van der Waals surface area contributed by atoms with Crippen LogP contribution in [0.5, 0.6) is 5.75 Å². The SMILES string of the molecule is CCCCCN(C)C(CN)c1cc(Br)ccc1OC. The maximum Gasteiger partial charge on any atom is 0.123 e. The Kier molecular flexibility index (Phi) is 7.42. The Balaban J connectivity index is 2.86. The van der Waals surface area contributed by atoms with Gasteiger partial charge in [0.1, 0.15) is 5.75 Å². The van der Waals surface area contributed by atoms with Crippen LogP contribution in [0.1, 0.15) is 37.8 Å². The van der Waals surface area contributed by atoms with Crippen molar-refractivity contribution in [3.05, 3.63) is 28.2 Å². The molecule has 1 atom stereocenters. The lowest BCUT2D eigenvalue weighted by atomic mass is 10.0. The van der Waals surface area contributed by atoms with E-state index in [1.54, 1.807) is 7.11 Å². The number of likely N-dealkylation sites (N-methyl/N-ethyl adjacent to an activating group) is 1. The van der Waals surface area contributed by atoms with Gasteiger partial charge < -0.3 is 10.5 Å². The predicted octanol–water partition coefficient (Wildman–Crippen LogP) is 3.58. The van der Waals surface area contributed by atoms with E-state index in [1.807, 2.05) is 12.1 Å². The van der Waals surface area contributed by atoms with Gasteiger partial charge in [-0.25, -0.2) is 0 Å². The van der Waals surface area contributed by atoms with Crippen molar-refractivity contribution in [2.45, 2.75) is 32.2 Å². The average molecular weight is 329 g/mol. The van der Waals surface area contributed by atoms with Crippen LogP contribution in [0.4, 0.5) is 0 Å². The van der Waals surface area contributed by atoms with Gasteiger partial charge >= 0.3 is 0 Å². The molecule has 1 rings (SSSR count). The zero-order chi connectivity index (χ0) is 14.3. The van der Waals surface area contributed by atoms with Crippen molar-refractivity contribution < 1.29 is 4.74 Å². The number of unbranched alkanes of at least 4 members (excludes halogenated alkanes) is 2. The van der Waals surface area contributed by atoms with Crippen LogP contribution in [-0.4, -0.2) is 32.1 Å². The Bertz CT molecular complexity index is 384. The summed E-state index contributed by atoms with van der Waals surface area (Å²) in [6, 6.07) is 6.28. The first-order chi connectivity index (χ1) is 9.13. The van der Waals surface area contributed by atoms with Crippen molar-refractivity contribution in [2.24, 2.45) is 5.73 Å². The van der Waals surface area contributed by atoms with E-state index in [-0.39, 0.29) is 6.04 Å². The fraction of sp³-hybridized carbons (Fsp3) is 0.600. The van der Waals surface area contributed by atoms with Gasteiger partial charge in [0.2, 0.25) is 0 Å². The number of halogens is 1. The monoisotopic (exact) mass is 328 g/mol. The predicted molar refractivity (Wildman–Crippen MR) is 84.6 cm³/mol. The molecule has 1 aromatic carbocycles. The van der Waals surface area contributed by atoms with E-state index in [9.17, 15) is 0 Å². The maximum absolute atomic E-state index is 5.97. The molecule has 0 spiro atoms. The summed E-state index contributed by atoms with van der Waals surface area (Å²) in [6.07, 6.45) is 3.71. The number of hydrogen-bond acceptors (Lipinski definition) is 3. The first-order valence-corrected chi connectivity index (χ1v) is 7.67. The van der Waals surface area contributed by atoms with Crippen LogP contribution in [0.2, 0.25) is 0 Å². The Morgan fingerprint density at radius 1 is 1.37 bits per heavy atom. The lowest BCUT2D eigenvalue weighted by Crippen LogP contribution is -2.31. The van der Waals surface area contributed by atoms with Gasteiger partial charge in [0.15, 0.2) is 0 Å². The van der Waals surface area contributed by atoms with Gasteiger partial charge in [-0.2, -0.15) is 0 Å². The van der Waals surface area contributed by atoms with E-state index < -0.39 is 0 Å². The molecule has 0 fully saturated rings. The number of nitrogens with two attached hydrogens (primary N) is 1. The largest absolute Gasteiger partial charge is 0.496 e. The minimum Gasteiger partial charge on any atom is -0.496 e. The van der Waals surface area contributed by atoms with Gasteiger partial charge in [-0.05, 0) is 38.2 Å². The van der Waals surface area contributed by atoms with Crippen molar-refractivity contribution in [2.75, 3.05) is 27.2 Å². The van der Waals surface area contributed by atoms with E-state index >= 15 is 0 Å². The molecule has 0 heterocycles. The van der Waals surface area contributed by atoms with Crippen molar-refractivity contribution in [1.82, 2.24) is 4.90 Å². The van der Waals surface area contributed by atoms with Crippen molar-refractivity contribution in [1.29, 1.82) is 0 Å². The normalized spacial score (nSPS) is 12.7. The molecule has 19 heavy (non-hydrogen) atoms. The minimum absolute atomic E-state index is 0.198. The molecule has 0 radical (unpaired) electrons. The van der Waals surface area contributed by atoms with Crippen LogP contribution in [-0.2, 0) is 0 Å². The minimum atomic E-state index is 0.198. The standard InChI is InChI=1S/C15H25BrN2O/c1-4-5-6-9-18(2)14(11-17)13-10-12(16)7-8-15(13)19-3/h7-8,10,14H,4-6,9,11,17H2,1-3H3. The van der Waals surface area contributed by atoms with Gasteiger partial charge in [-0.1, -0.05) is 35.7 Å². The molecule has 0 aromatic heterocycles. The summed E-state index contributed by atoms with van der Waals surface area (Å²) in [7, 11) is 3.84. The van der Waals surface area contributed by atoms with Gasteiger partial charge in [0.25, 0.3) is 0 Å². The first-order valence-electron chi connectivity index (χ1n) is 6.87. The molecule has 3 nitrogen and oxygen atoms in total. The van der Waals surface area contributed by atoms with Gasteiger partial charge in [0, 0.05) is 16.6 Å². The van der Waals surface area contributed by atoms with Crippen molar-refractivity contribution >= 4 is 15.9 Å². The summed E-state index contributed by atoms with van der Waals surface area (Å²) in [6.45, 7) is 3.87. The highest BCUT2D eigenvalue weighted by Gasteiger charge is 2.19. The second-order valence-electron chi connectivity index (χ2n) is 4.83. The molecule has 0 saturated carbocycles. The topological polar surface area (TPSA) is 38.5 Å². The van der Waals surface area contributed by atoms with Crippen LogP contribution in [0.3, 0.4) is 0 Å². The zero-order valence-electron chi connectivity index (χ0n) is 12.2. The first kappa shape index (κ1) is 16.5. The van der Waals surface area contributed by atoms with Gasteiger partial charge in [-0.15, -0.1) is 0 Å². The second kappa shape index (κ2) is 8.56. The molecular weight excluding hydrogens is 304 g/mol. The summed E-state index contributed by atoms with van der Waals surface area (Å²) < 4.78 is 6.51. The van der Waals surface area contributed by atoms with E-state index in [4.69, 9.17) is 10.5 Å². The van der Waals surface area contributed by atoms with E-state index in [1.165, 1.54) is 19.3 Å².